The summed E-state index contributed by atoms with van der Waals surface area (Å²) in [6.07, 6.45) is 0. The third-order valence-electron chi connectivity index (χ3n) is 3.05. The first kappa shape index (κ1) is 12.6. The maximum atomic E-state index is 6.04. The molecule has 4 aromatic rings. The van der Waals surface area contributed by atoms with Gasteiger partial charge in [0.25, 0.3) is 0 Å². The Morgan fingerprint density at radius 2 is 2.05 bits per heavy atom. The Morgan fingerprint density at radius 1 is 1.19 bits per heavy atom. The molecule has 2 N–H and O–H groups in total. The molecule has 0 amide bonds. The summed E-state index contributed by atoms with van der Waals surface area (Å²) >= 11 is 9.30. The molecule has 0 atom stereocenters. The third kappa shape index (κ3) is 1.97. The fourth-order valence-electron chi connectivity index (χ4n) is 2.14. The van der Waals surface area contributed by atoms with E-state index in [4.69, 9.17) is 21.8 Å². The summed E-state index contributed by atoms with van der Waals surface area (Å²) in [6.45, 7) is 0. The highest BCUT2D eigenvalue weighted by Crippen LogP contribution is 2.27. The second-order valence-electron chi connectivity index (χ2n) is 4.41. The van der Waals surface area contributed by atoms with E-state index in [0.29, 0.717) is 32.4 Å². The van der Waals surface area contributed by atoms with E-state index in [-0.39, 0.29) is 5.95 Å². The smallest absolute Gasteiger partial charge is 0.223 e. The number of rotatable bonds is 1. The SMILES string of the molecule is Nc1nc2ccc(Cl)cc2c2nc(-c3ccc(Br)o3)nn12. The molecule has 0 bridgehead atoms. The fourth-order valence-corrected chi connectivity index (χ4v) is 2.62. The average Bonchev–Trinajstić information content (AvgIpc) is 3.06. The van der Waals surface area contributed by atoms with E-state index in [9.17, 15) is 0 Å². The highest BCUT2D eigenvalue weighted by molar-refractivity contribution is 9.10. The lowest BCUT2D eigenvalue weighted by molar-refractivity contribution is 0.551. The molecule has 3 aromatic heterocycles. The molecular weight excluding hydrogens is 358 g/mol. The molecule has 0 aliphatic rings. The van der Waals surface area contributed by atoms with Crippen molar-refractivity contribution in [2.75, 3.05) is 5.73 Å². The lowest BCUT2D eigenvalue weighted by Crippen LogP contribution is -2.02. The van der Waals surface area contributed by atoms with Crippen LogP contribution in [-0.4, -0.2) is 19.6 Å². The minimum atomic E-state index is 0.254. The van der Waals surface area contributed by atoms with Gasteiger partial charge in [-0.3, -0.25) is 0 Å². The molecule has 104 valence electrons. The Morgan fingerprint density at radius 3 is 2.81 bits per heavy atom. The maximum absolute atomic E-state index is 6.04. The van der Waals surface area contributed by atoms with Gasteiger partial charge in [-0.1, -0.05) is 11.6 Å². The standard InChI is InChI=1S/C13H7BrClN5O/c14-10-4-3-9(21-10)11-18-12-7-5-6(15)1-2-8(7)17-13(16)20(12)19-11/h1-5H,(H2,16,17). The van der Waals surface area contributed by atoms with E-state index in [2.05, 4.69) is 31.0 Å². The first-order valence-corrected chi connectivity index (χ1v) is 7.16. The summed E-state index contributed by atoms with van der Waals surface area (Å²) in [6, 6.07) is 8.89. The second kappa shape index (κ2) is 4.44. The summed E-state index contributed by atoms with van der Waals surface area (Å²) in [5.74, 6) is 1.23. The number of nitrogen functional groups attached to an aromatic ring is 1. The van der Waals surface area contributed by atoms with E-state index in [0.717, 1.165) is 5.39 Å². The second-order valence-corrected chi connectivity index (χ2v) is 5.62. The number of nitrogens with zero attached hydrogens (tertiary/aromatic N) is 4. The number of hydrogen-bond acceptors (Lipinski definition) is 5. The van der Waals surface area contributed by atoms with Crippen molar-refractivity contribution in [2.45, 2.75) is 0 Å². The molecule has 0 saturated heterocycles. The van der Waals surface area contributed by atoms with Crippen molar-refractivity contribution in [2.24, 2.45) is 0 Å². The zero-order valence-electron chi connectivity index (χ0n) is 10.4. The molecule has 4 rings (SSSR count). The van der Waals surface area contributed by atoms with Gasteiger partial charge in [-0.15, -0.1) is 5.10 Å². The highest BCUT2D eigenvalue weighted by atomic mass is 79.9. The van der Waals surface area contributed by atoms with E-state index in [1.54, 1.807) is 30.3 Å². The van der Waals surface area contributed by atoms with Crippen LogP contribution in [0.2, 0.25) is 5.02 Å². The number of hydrogen-bond donors (Lipinski definition) is 1. The molecule has 0 saturated carbocycles. The normalized spacial score (nSPS) is 11.5. The Balaban J connectivity index is 2.08. The lowest BCUT2D eigenvalue weighted by atomic mass is 10.2. The van der Waals surface area contributed by atoms with E-state index in [1.165, 1.54) is 4.52 Å². The van der Waals surface area contributed by atoms with Crippen LogP contribution in [0.5, 0.6) is 0 Å². The van der Waals surface area contributed by atoms with Crippen molar-refractivity contribution in [3.8, 4) is 11.6 Å². The molecular formula is C13H7BrClN5O. The van der Waals surface area contributed by atoms with Gasteiger partial charge < -0.3 is 10.2 Å². The van der Waals surface area contributed by atoms with E-state index < -0.39 is 0 Å². The molecule has 0 unspecified atom stereocenters. The molecule has 0 spiro atoms. The van der Waals surface area contributed by atoms with Crippen molar-refractivity contribution < 1.29 is 4.42 Å². The van der Waals surface area contributed by atoms with Gasteiger partial charge in [0, 0.05) is 10.4 Å². The number of aromatic nitrogens is 4. The van der Waals surface area contributed by atoms with Crippen molar-refractivity contribution >= 4 is 50.0 Å². The Bertz CT molecular complexity index is 993. The van der Waals surface area contributed by atoms with Gasteiger partial charge in [-0.2, -0.15) is 4.52 Å². The van der Waals surface area contributed by atoms with Gasteiger partial charge in [-0.05, 0) is 46.3 Å². The van der Waals surface area contributed by atoms with Crippen LogP contribution in [-0.2, 0) is 0 Å². The summed E-state index contributed by atoms with van der Waals surface area (Å²) in [5.41, 5.74) is 7.23. The molecule has 0 radical (unpaired) electrons. The molecule has 3 heterocycles. The van der Waals surface area contributed by atoms with Crippen molar-refractivity contribution in [1.82, 2.24) is 19.6 Å². The summed E-state index contributed by atoms with van der Waals surface area (Å²) in [4.78, 5) is 8.78. The highest BCUT2D eigenvalue weighted by Gasteiger charge is 2.15. The number of halogens is 2. The zero-order valence-corrected chi connectivity index (χ0v) is 12.8. The summed E-state index contributed by atoms with van der Waals surface area (Å²) in [5, 5.41) is 5.71. The summed E-state index contributed by atoms with van der Waals surface area (Å²) in [7, 11) is 0. The van der Waals surface area contributed by atoms with Crippen LogP contribution in [0.25, 0.3) is 28.1 Å². The molecule has 0 aliphatic carbocycles. The van der Waals surface area contributed by atoms with Gasteiger partial charge in [0.1, 0.15) is 0 Å². The molecule has 6 nitrogen and oxygen atoms in total. The van der Waals surface area contributed by atoms with Crippen LogP contribution >= 0.6 is 27.5 Å². The zero-order chi connectivity index (χ0) is 14.6. The minimum absolute atomic E-state index is 0.254. The van der Waals surface area contributed by atoms with Crippen molar-refractivity contribution in [1.29, 1.82) is 0 Å². The number of fused-ring (bicyclic) bond motifs is 3. The van der Waals surface area contributed by atoms with E-state index in [1.807, 2.05) is 0 Å². The van der Waals surface area contributed by atoms with Crippen LogP contribution in [0, 0.1) is 0 Å². The first-order valence-electron chi connectivity index (χ1n) is 5.99. The predicted molar refractivity (Wildman–Crippen MR) is 83.1 cm³/mol. The van der Waals surface area contributed by atoms with Crippen molar-refractivity contribution in [3.05, 3.63) is 40.0 Å². The van der Waals surface area contributed by atoms with Crippen LogP contribution in [0.3, 0.4) is 0 Å². The monoisotopic (exact) mass is 363 g/mol. The Labute approximate surface area is 131 Å². The molecule has 0 aliphatic heterocycles. The quantitative estimate of drug-likeness (QED) is 0.558. The van der Waals surface area contributed by atoms with Crippen LogP contribution in [0.15, 0.2) is 39.4 Å². The van der Waals surface area contributed by atoms with Crippen LogP contribution in [0.4, 0.5) is 5.95 Å². The van der Waals surface area contributed by atoms with Gasteiger partial charge >= 0.3 is 0 Å². The largest absolute Gasteiger partial charge is 0.446 e. The number of anilines is 1. The van der Waals surface area contributed by atoms with Crippen LogP contribution < -0.4 is 5.73 Å². The van der Waals surface area contributed by atoms with Gasteiger partial charge in [0.05, 0.1) is 5.52 Å². The van der Waals surface area contributed by atoms with Gasteiger partial charge in [0.15, 0.2) is 16.1 Å². The summed E-state index contributed by atoms with van der Waals surface area (Å²) < 4.78 is 7.55. The van der Waals surface area contributed by atoms with Gasteiger partial charge in [0.2, 0.25) is 11.8 Å². The fraction of sp³-hybridized carbons (Fsp3) is 0. The topological polar surface area (TPSA) is 82.2 Å². The number of furan rings is 1. The molecule has 0 fully saturated rings. The Kier molecular flexibility index (Phi) is 2.66. The minimum Gasteiger partial charge on any atom is -0.446 e. The third-order valence-corrected chi connectivity index (χ3v) is 3.71. The van der Waals surface area contributed by atoms with Crippen molar-refractivity contribution in [3.63, 3.8) is 0 Å². The lowest BCUT2D eigenvalue weighted by Gasteiger charge is -2.02. The van der Waals surface area contributed by atoms with Crippen LogP contribution in [0.1, 0.15) is 0 Å². The van der Waals surface area contributed by atoms with Gasteiger partial charge in [-0.25, -0.2) is 9.97 Å². The Hall–Kier alpha value is -2.12. The van der Waals surface area contributed by atoms with E-state index >= 15 is 0 Å². The predicted octanol–water partition coefficient (Wildman–Crippen LogP) is 3.54. The molecule has 1 aromatic carbocycles. The molecule has 8 heteroatoms. The first-order chi connectivity index (χ1) is 10.1. The number of nitrogens with two attached hydrogens (primary N) is 1. The number of benzene rings is 1. The average molecular weight is 365 g/mol. The maximum Gasteiger partial charge on any atom is 0.223 e. The molecule has 21 heavy (non-hydrogen) atoms.